The van der Waals surface area contributed by atoms with Crippen LogP contribution < -0.4 is 11.6 Å². The highest BCUT2D eigenvalue weighted by Crippen LogP contribution is 2.34. The molecule has 10 heteroatoms. The minimum atomic E-state index is -0.371. The summed E-state index contributed by atoms with van der Waals surface area (Å²) >= 11 is 6.09. The summed E-state index contributed by atoms with van der Waals surface area (Å²) in [5.41, 5.74) is 4.69. The molecule has 0 aliphatic heterocycles. The molecule has 0 atom stereocenters. The van der Waals surface area contributed by atoms with Crippen molar-refractivity contribution in [3.8, 4) is 22.3 Å². The molecule has 0 aliphatic rings. The summed E-state index contributed by atoms with van der Waals surface area (Å²) in [6, 6.07) is 14.7. The fourth-order valence-electron chi connectivity index (χ4n) is 3.84. The Morgan fingerprint density at radius 3 is 2.50 bits per heavy atom. The van der Waals surface area contributed by atoms with Gasteiger partial charge in [-0.3, -0.25) is 9.97 Å². The summed E-state index contributed by atoms with van der Waals surface area (Å²) in [4.78, 5) is 26.5. The summed E-state index contributed by atoms with van der Waals surface area (Å²) in [6.45, 7) is 3.83. The number of aromatic nitrogens is 6. The van der Waals surface area contributed by atoms with Crippen LogP contribution in [-0.2, 0) is 11.4 Å². The SMILES string of the molecule is C=C/C=C(\ON)c1ccc(Cn2nc3c(-c4ccncc4)c(-c4ccc(Cl)cc4)cnn3c2=O)cn1. The van der Waals surface area contributed by atoms with Gasteiger partial charge in [0.05, 0.1) is 12.7 Å². The number of hydrogen-bond donors (Lipinski definition) is 1. The Hall–Kier alpha value is -4.60. The number of nitrogens with zero attached hydrogens (tertiary/aromatic N) is 6. The molecule has 1 aromatic carbocycles. The fourth-order valence-corrected chi connectivity index (χ4v) is 3.97. The second-order valence-electron chi connectivity index (χ2n) is 7.79. The first-order chi connectivity index (χ1) is 17.6. The molecule has 0 unspecified atom stereocenters. The van der Waals surface area contributed by atoms with E-state index in [0.29, 0.717) is 22.1 Å². The molecule has 0 fully saturated rings. The second kappa shape index (κ2) is 9.95. The van der Waals surface area contributed by atoms with E-state index in [2.05, 4.69) is 26.7 Å². The monoisotopic (exact) mass is 497 g/mol. The lowest BCUT2D eigenvalue weighted by Gasteiger charge is -2.10. The molecule has 0 amide bonds. The van der Waals surface area contributed by atoms with Crippen molar-refractivity contribution < 1.29 is 4.84 Å². The van der Waals surface area contributed by atoms with E-state index in [0.717, 1.165) is 27.8 Å². The molecule has 4 heterocycles. The molecule has 0 saturated carbocycles. The average Bonchev–Trinajstić information content (AvgIpc) is 3.23. The van der Waals surface area contributed by atoms with E-state index in [4.69, 9.17) is 22.3 Å². The van der Waals surface area contributed by atoms with Crippen LogP contribution in [0.1, 0.15) is 11.3 Å². The van der Waals surface area contributed by atoms with Crippen molar-refractivity contribution >= 4 is 23.0 Å². The van der Waals surface area contributed by atoms with Crippen LogP contribution in [0.5, 0.6) is 0 Å². The Bertz CT molecular complexity index is 1620. The Balaban J connectivity index is 1.60. The molecule has 9 nitrogen and oxygen atoms in total. The number of hydrogen-bond acceptors (Lipinski definition) is 7. The topological polar surface area (TPSA) is 113 Å². The van der Waals surface area contributed by atoms with Crippen molar-refractivity contribution in [3.05, 3.63) is 119 Å². The lowest BCUT2D eigenvalue weighted by Crippen LogP contribution is -2.23. The van der Waals surface area contributed by atoms with Gasteiger partial charge in [-0.1, -0.05) is 42.5 Å². The zero-order chi connectivity index (χ0) is 25.1. The molecule has 0 spiro atoms. The van der Waals surface area contributed by atoms with Gasteiger partial charge in [0.1, 0.15) is 5.69 Å². The zero-order valence-corrected chi connectivity index (χ0v) is 19.7. The van der Waals surface area contributed by atoms with Gasteiger partial charge in [0.2, 0.25) is 0 Å². The van der Waals surface area contributed by atoms with Crippen molar-refractivity contribution in [2.75, 3.05) is 0 Å². The Morgan fingerprint density at radius 1 is 1.06 bits per heavy atom. The van der Waals surface area contributed by atoms with Crippen LogP contribution >= 0.6 is 11.6 Å². The molecule has 0 radical (unpaired) electrons. The predicted octanol–water partition coefficient (Wildman–Crippen LogP) is 4.13. The molecule has 0 aliphatic carbocycles. The fraction of sp³-hybridized carbons (Fsp3) is 0.0385. The first-order valence-electron chi connectivity index (χ1n) is 10.9. The molecule has 36 heavy (non-hydrogen) atoms. The lowest BCUT2D eigenvalue weighted by molar-refractivity contribution is 0.289. The van der Waals surface area contributed by atoms with Crippen LogP contribution in [-0.4, -0.2) is 29.4 Å². The van der Waals surface area contributed by atoms with E-state index in [1.165, 1.54) is 9.20 Å². The number of allylic oxidation sites excluding steroid dienone is 2. The third kappa shape index (κ3) is 4.40. The van der Waals surface area contributed by atoms with Crippen LogP contribution in [0.15, 0.2) is 96.8 Å². The lowest BCUT2D eigenvalue weighted by atomic mass is 9.98. The molecule has 178 valence electrons. The van der Waals surface area contributed by atoms with E-state index in [1.54, 1.807) is 43.0 Å². The van der Waals surface area contributed by atoms with Gasteiger partial charge < -0.3 is 4.84 Å². The minimum absolute atomic E-state index is 0.200. The Kier molecular flexibility index (Phi) is 6.40. The van der Waals surface area contributed by atoms with E-state index < -0.39 is 0 Å². The first-order valence-corrected chi connectivity index (χ1v) is 11.3. The van der Waals surface area contributed by atoms with Gasteiger partial charge >= 0.3 is 5.69 Å². The smallest absolute Gasteiger partial charge is 0.367 e. The number of benzene rings is 1. The molecule has 2 N–H and O–H groups in total. The van der Waals surface area contributed by atoms with Crippen LogP contribution in [0.25, 0.3) is 33.7 Å². The van der Waals surface area contributed by atoms with Gasteiger partial charge in [-0.05, 0) is 53.1 Å². The molecule has 0 bridgehead atoms. The summed E-state index contributed by atoms with van der Waals surface area (Å²) in [5, 5.41) is 9.69. The third-order valence-electron chi connectivity index (χ3n) is 5.54. The van der Waals surface area contributed by atoms with Gasteiger partial charge in [0, 0.05) is 34.7 Å². The maximum Gasteiger partial charge on any atom is 0.367 e. The number of rotatable bonds is 7. The van der Waals surface area contributed by atoms with Crippen molar-refractivity contribution in [2.24, 2.45) is 5.90 Å². The zero-order valence-electron chi connectivity index (χ0n) is 19.0. The van der Waals surface area contributed by atoms with Gasteiger partial charge in [-0.2, -0.15) is 15.5 Å². The van der Waals surface area contributed by atoms with Gasteiger partial charge in [-0.25, -0.2) is 9.48 Å². The first kappa shape index (κ1) is 23.2. The maximum atomic E-state index is 13.2. The predicted molar refractivity (Wildman–Crippen MR) is 138 cm³/mol. The molecular weight excluding hydrogens is 478 g/mol. The molecule has 5 rings (SSSR count). The highest BCUT2D eigenvalue weighted by molar-refractivity contribution is 6.30. The van der Waals surface area contributed by atoms with Crippen LogP contribution in [0.3, 0.4) is 0 Å². The van der Waals surface area contributed by atoms with E-state index in [1.807, 2.05) is 42.5 Å². The molecule has 5 aromatic rings. The second-order valence-corrected chi connectivity index (χ2v) is 8.22. The number of halogens is 1. The normalized spacial score (nSPS) is 11.6. The van der Waals surface area contributed by atoms with Crippen LogP contribution in [0.4, 0.5) is 0 Å². The van der Waals surface area contributed by atoms with Crippen molar-refractivity contribution in [2.45, 2.75) is 6.54 Å². The largest absolute Gasteiger partial charge is 0.409 e. The van der Waals surface area contributed by atoms with Crippen LogP contribution in [0, 0.1) is 0 Å². The average molecular weight is 498 g/mol. The molecule has 0 saturated heterocycles. The molecular formula is C26H20ClN7O2. The van der Waals surface area contributed by atoms with Crippen molar-refractivity contribution in [1.82, 2.24) is 29.4 Å². The summed E-state index contributed by atoms with van der Waals surface area (Å²) < 4.78 is 2.65. The summed E-state index contributed by atoms with van der Waals surface area (Å²) in [6.07, 6.45) is 9.85. The summed E-state index contributed by atoms with van der Waals surface area (Å²) in [7, 11) is 0. The Labute approximate surface area is 210 Å². The van der Waals surface area contributed by atoms with E-state index >= 15 is 0 Å². The third-order valence-corrected chi connectivity index (χ3v) is 5.80. The quantitative estimate of drug-likeness (QED) is 0.204. The van der Waals surface area contributed by atoms with E-state index in [9.17, 15) is 4.79 Å². The van der Waals surface area contributed by atoms with Gasteiger partial charge in [0.15, 0.2) is 11.4 Å². The van der Waals surface area contributed by atoms with Crippen molar-refractivity contribution in [3.63, 3.8) is 0 Å². The highest BCUT2D eigenvalue weighted by Gasteiger charge is 2.19. The highest BCUT2D eigenvalue weighted by atomic mass is 35.5. The molecule has 4 aromatic heterocycles. The number of pyridine rings is 2. The van der Waals surface area contributed by atoms with E-state index in [-0.39, 0.29) is 12.2 Å². The van der Waals surface area contributed by atoms with Gasteiger partial charge in [0.25, 0.3) is 0 Å². The number of fused-ring (bicyclic) bond motifs is 1. The van der Waals surface area contributed by atoms with Crippen molar-refractivity contribution in [1.29, 1.82) is 0 Å². The van der Waals surface area contributed by atoms with Crippen LogP contribution in [0.2, 0.25) is 5.02 Å². The Morgan fingerprint density at radius 2 is 1.83 bits per heavy atom. The number of nitrogens with two attached hydrogens (primary N) is 1. The summed E-state index contributed by atoms with van der Waals surface area (Å²) in [5.74, 6) is 5.68. The standard InChI is InChI=1S/C26H20ClN7O2/c1-2-3-23(36-28)22-9-4-17(14-30-22)16-33-26(35)34-25(32-33)24(19-10-12-29-13-11-19)21(15-31-34)18-5-7-20(27)8-6-18/h2-15H,1,16,28H2/b23-3-. The maximum absolute atomic E-state index is 13.2. The minimum Gasteiger partial charge on any atom is -0.409 e. The van der Waals surface area contributed by atoms with Gasteiger partial charge in [-0.15, -0.1) is 5.10 Å².